The van der Waals surface area contributed by atoms with Crippen molar-refractivity contribution >= 4 is 28.4 Å². The van der Waals surface area contributed by atoms with Crippen LogP contribution < -0.4 is 15.8 Å². The number of hydrogen-bond donors (Lipinski definition) is 2. The van der Waals surface area contributed by atoms with Crippen LogP contribution >= 0.6 is 0 Å². The second kappa shape index (κ2) is 8.99. The highest BCUT2D eigenvalue weighted by Gasteiger charge is 2.59. The van der Waals surface area contributed by atoms with E-state index in [2.05, 4.69) is 45.9 Å². The van der Waals surface area contributed by atoms with E-state index in [1.54, 1.807) is 21.6 Å². The maximum Gasteiger partial charge on any atom is 0.278 e. The van der Waals surface area contributed by atoms with Gasteiger partial charge < -0.3 is 15.3 Å². The second-order valence-corrected chi connectivity index (χ2v) is 12.7. The van der Waals surface area contributed by atoms with Crippen LogP contribution in [0.1, 0.15) is 43.9 Å². The van der Waals surface area contributed by atoms with E-state index >= 15 is 0 Å². The fourth-order valence-corrected chi connectivity index (χ4v) is 7.48. The van der Waals surface area contributed by atoms with E-state index in [4.69, 9.17) is 9.97 Å². The highest BCUT2D eigenvalue weighted by molar-refractivity contribution is 5.77. The first kappa shape index (κ1) is 25.7. The van der Waals surface area contributed by atoms with Gasteiger partial charge in [0.05, 0.1) is 12.2 Å². The molecule has 1 aromatic carbocycles. The minimum absolute atomic E-state index is 0.0926. The molecule has 5 aliphatic rings. The first-order valence-electron chi connectivity index (χ1n) is 14.9. The van der Waals surface area contributed by atoms with Crippen LogP contribution in [0.4, 0.5) is 17.3 Å². The Kier molecular flexibility index (Phi) is 5.49. The molecule has 9 rings (SSSR count). The summed E-state index contributed by atoms with van der Waals surface area (Å²) in [5, 5.41) is 15.3. The van der Waals surface area contributed by atoms with Crippen LogP contribution in [0.3, 0.4) is 0 Å². The van der Waals surface area contributed by atoms with Crippen LogP contribution in [0.25, 0.3) is 16.9 Å². The highest BCUT2D eigenvalue weighted by atomic mass is 16.3. The topological polar surface area (TPSA) is 104 Å². The molecule has 2 aliphatic carbocycles. The van der Waals surface area contributed by atoms with Crippen molar-refractivity contribution in [1.29, 1.82) is 0 Å². The summed E-state index contributed by atoms with van der Waals surface area (Å²) in [5.74, 6) is 0.933. The largest absolute Gasteiger partial charge is 0.383 e. The van der Waals surface area contributed by atoms with E-state index < -0.39 is 5.60 Å². The van der Waals surface area contributed by atoms with Crippen LogP contribution in [0.5, 0.6) is 0 Å². The molecule has 42 heavy (non-hydrogen) atoms. The lowest BCUT2D eigenvalue weighted by molar-refractivity contribution is -0.0371. The van der Waals surface area contributed by atoms with Crippen molar-refractivity contribution in [1.82, 2.24) is 29.2 Å². The molecule has 4 aromatic rings. The van der Waals surface area contributed by atoms with Gasteiger partial charge in [-0.1, -0.05) is 12.1 Å². The molecule has 2 unspecified atom stereocenters. The summed E-state index contributed by atoms with van der Waals surface area (Å²) < 4.78 is 3.31. The summed E-state index contributed by atoms with van der Waals surface area (Å²) in [6.45, 7) is 8.16. The molecule has 10 heteroatoms. The van der Waals surface area contributed by atoms with Crippen molar-refractivity contribution in [2.24, 2.45) is 5.41 Å². The minimum Gasteiger partial charge on any atom is -0.383 e. The standard InChI is InChI=1S/C32H36N8O2/c1-4-15-39-29(41)25-17-33-30(34-21-6-8-22(9-7-21)38-18-23-16-24(19-38)37(23)3)36-28(25)40(39)26-10-5-20-11-12-32(13-14-32)31(2,42)27(20)35-26/h4-10,17,23-24,42H,1,11-16,18-19H2,2-3H3,(H,33,34,36)/t23?,24?,31-/m1/s1. The van der Waals surface area contributed by atoms with E-state index in [-0.39, 0.29) is 17.5 Å². The molecule has 3 aliphatic heterocycles. The fraction of sp³-hybridized carbons (Fsp3) is 0.438. The Labute approximate surface area is 244 Å². The monoisotopic (exact) mass is 564 g/mol. The Hall–Kier alpha value is -4.02. The van der Waals surface area contributed by atoms with Crippen molar-refractivity contribution in [2.45, 2.75) is 63.3 Å². The van der Waals surface area contributed by atoms with Crippen molar-refractivity contribution in [3.05, 3.63) is 76.9 Å². The molecule has 4 fully saturated rings. The third-order valence-corrected chi connectivity index (χ3v) is 10.4. The average Bonchev–Trinajstić information content (AvgIpc) is 3.76. The quantitative estimate of drug-likeness (QED) is 0.342. The van der Waals surface area contributed by atoms with Gasteiger partial charge >= 0.3 is 0 Å². The Morgan fingerprint density at radius 1 is 1.10 bits per heavy atom. The normalized spacial score (nSPS) is 25.7. The van der Waals surface area contributed by atoms with Crippen molar-refractivity contribution < 1.29 is 5.11 Å². The van der Waals surface area contributed by atoms with Crippen molar-refractivity contribution in [2.75, 3.05) is 30.4 Å². The molecule has 1 spiro atoms. The summed E-state index contributed by atoms with van der Waals surface area (Å²) in [6.07, 6.45) is 8.45. The number of nitrogens with one attached hydrogen (secondary N) is 1. The molecule has 10 nitrogen and oxygen atoms in total. The van der Waals surface area contributed by atoms with Crippen molar-refractivity contribution in [3.63, 3.8) is 0 Å². The van der Waals surface area contributed by atoms with E-state index in [1.165, 1.54) is 12.1 Å². The Morgan fingerprint density at radius 2 is 1.86 bits per heavy atom. The van der Waals surface area contributed by atoms with Gasteiger partial charge in [0.25, 0.3) is 5.56 Å². The van der Waals surface area contributed by atoms with E-state index in [0.717, 1.165) is 50.0 Å². The number of nitrogens with zero attached hydrogens (tertiary/aromatic N) is 7. The number of aryl methyl sites for hydroxylation is 1. The minimum atomic E-state index is -1.01. The molecule has 6 heterocycles. The van der Waals surface area contributed by atoms with Crippen LogP contribution in [0.15, 0.2) is 60.0 Å². The number of aromatic nitrogens is 5. The molecule has 3 saturated heterocycles. The smallest absolute Gasteiger partial charge is 0.278 e. The first-order valence-corrected chi connectivity index (χ1v) is 14.9. The van der Waals surface area contributed by atoms with Gasteiger partial charge in [0, 0.05) is 48.2 Å². The molecule has 3 aromatic heterocycles. The number of anilines is 3. The van der Waals surface area contributed by atoms with Gasteiger partial charge in [0.2, 0.25) is 5.95 Å². The number of hydrogen-bond acceptors (Lipinski definition) is 8. The summed E-state index contributed by atoms with van der Waals surface area (Å²) in [7, 11) is 2.22. The number of benzene rings is 1. The fourth-order valence-electron chi connectivity index (χ4n) is 7.48. The van der Waals surface area contributed by atoms with Gasteiger partial charge in [-0.25, -0.2) is 19.3 Å². The first-order chi connectivity index (χ1) is 20.3. The van der Waals surface area contributed by atoms with Crippen molar-refractivity contribution in [3.8, 4) is 5.82 Å². The lowest BCUT2D eigenvalue weighted by Gasteiger charge is -2.55. The van der Waals surface area contributed by atoms with Gasteiger partial charge in [0.1, 0.15) is 11.0 Å². The number of rotatable bonds is 6. The Bertz CT molecular complexity index is 1770. The summed E-state index contributed by atoms with van der Waals surface area (Å²) in [6, 6.07) is 13.6. The van der Waals surface area contributed by atoms with Crippen LogP contribution in [0, 0.1) is 5.41 Å². The SMILES string of the molecule is C=CCn1c(=O)c2cnc(Nc3ccc(N4CC5CC(C4)N5C)cc3)nc2n1-c1ccc2c(n1)[C@@](C)(O)C1(CC2)CC1. The maximum atomic E-state index is 13.5. The molecule has 1 saturated carbocycles. The number of likely N-dealkylation sites (N-methyl/N-ethyl adjacent to an activating group) is 1. The average molecular weight is 565 g/mol. The van der Waals surface area contributed by atoms with Gasteiger partial charge in [-0.15, -0.1) is 6.58 Å². The Balaban J connectivity index is 1.14. The van der Waals surface area contributed by atoms with E-state index in [1.807, 2.05) is 31.2 Å². The maximum absolute atomic E-state index is 13.5. The summed E-state index contributed by atoms with van der Waals surface area (Å²) in [4.78, 5) is 32.7. The van der Waals surface area contributed by atoms with Gasteiger partial charge in [-0.3, -0.25) is 9.69 Å². The zero-order valence-corrected chi connectivity index (χ0v) is 24.1. The summed E-state index contributed by atoms with van der Waals surface area (Å²) >= 11 is 0. The predicted molar refractivity (Wildman–Crippen MR) is 163 cm³/mol. The highest BCUT2D eigenvalue weighted by Crippen LogP contribution is 2.63. The lowest BCUT2D eigenvalue weighted by atomic mass is 9.72. The Morgan fingerprint density at radius 3 is 2.55 bits per heavy atom. The van der Waals surface area contributed by atoms with Crippen LogP contribution in [0.2, 0.25) is 0 Å². The van der Waals surface area contributed by atoms with Crippen LogP contribution in [-0.4, -0.2) is 66.5 Å². The zero-order chi connectivity index (χ0) is 28.8. The summed E-state index contributed by atoms with van der Waals surface area (Å²) in [5.41, 5.74) is 2.99. The van der Waals surface area contributed by atoms with Gasteiger partial charge in [-0.2, -0.15) is 4.98 Å². The number of fused-ring (bicyclic) bond motifs is 4. The van der Waals surface area contributed by atoms with Gasteiger partial charge in [-0.05, 0) is 82.0 Å². The van der Waals surface area contributed by atoms with Crippen LogP contribution in [-0.2, 0) is 18.6 Å². The molecular weight excluding hydrogens is 528 g/mol. The van der Waals surface area contributed by atoms with E-state index in [9.17, 15) is 9.90 Å². The molecule has 2 N–H and O–H groups in total. The second-order valence-electron chi connectivity index (χ2n) is 12.7. The molecule has 216 valence electrons. The van der Waals surface area contributed by atoms with Gasteiger partial charge in [0.15, 0.2) is 11.5 Å². The molecule has 3 atom stereocenters. The molecule has 2 bridgehead atoms. The number of allylic oxidation sites excluding steroid dienone is 1. The number of piperazine rings is 1. The third kappa shape index (κ3) is 3.71. The number of piperidine rings is 1. The van der Waals surface area contributed by atoms with E-state index in [0.29, 0.717) is 40.6 Å². The lowest BCUT2D eigenvalue weighted by Crippen LogP contribution is -2.67. The zero-order valence-electron chi connectivity index (χ0n) is 24.1. The number of aliphatic hydroxyl groups is 1. The molecule has 0 radical (unpaired) electrons. The molecule has 0 amide bonds. The number of pyridine rings is 1. The molecular formula is C32H36N8O2. The predicted octanol–water partition coefficient (Wildman–Crippen LogP) is 3.73. The third-order valence-electron chi connectivity index (χ3n) is 10.4.